The summed E-state index contributed by atoms with van der Waals surface area (Å²) < 4.78 is 10.9. The van der Waals surface area contributed by atoms with Crippen LogP contribution in [-0.4, -0.2) is 49.7 Å². The Morgan fingerprint density at radius 3 is 2.88 bits per heavy atom. The van der Waals surface area contributed by atoms with Crippen molar-refractivity contribution in [3.63, 3.8) is 0 Å². The van der Waals surface area contributed by atoms with Gasteiger partial charge in [0.2, 0.25) is 0 Å². The molecule has 2 aliphatic rings. The van der Waals surface area contributed by atoms with Gasteiger partial charge in [-0.15, -0.1) is 0 Å². The summed E-state index contributed by atoms with van der Waals surface area (Å²) in [6.07, 6.45) is 4.58. The molecule has 1 aromatic heterocycles. The zero-order valence-electron chi connectivity index (χ0n) is 14.7. The van der Waals surface area contributed by atoms with Crippen LogP contribution in [0.3, 0.4) is 0 Å². The van der Waals surface area contributed by atoms with Gasteiger partial charge >= 0.3 is 0 Å². The van der Waals surface area contributed by atoms with E-state index in [0.29, 0.717) is 33.2 Å². The van der Waals surface area contributed by atoms with E-state index in [9.17, 15) is 4.79 Å². The minimum Gasteiger partial charge on any atom is -0.463 e. The zero-order chi connectivity index (χ0) is 18.1. The van der Waals surface area contributed by atoms with Crippen LogP contribution in [0.2, 0.25) is 5.02 Å². The summed E-state index contributed by atoms with van der Waals surface area (Å²) in [5, 5.41) is 4.18. The maximum Gasteiger partial charge on any atom is 0.255 e. The number of ether oxygens (including phenoxy) is 1. The van der Waals surface area contributed by atoms with Gasteiger partial charge < -0.3 is 25.1 Å². The van der Waals surface area contributed by atoms with Gasteiger partial charge in [-0.25, -0.2) is 0 Å². The fourth-order valence-electron chi connectivity index (χ4n) is 3.91. The number of anilines is 1. The highest BCUT2D eigenvalue weighted by atomic mass is 35.5. The molecule has 1 aromatic carbocycles. The van der Waals surface area contributed by atoms with Crippen LogP contribution in [0.1, 0.15) is 29.6 Å². The molecule has 3 heterocycles. The van der Waals surface area contributed by atoms with Gasteiger partial charge in [-0.3, -0.25) is 4.79 Å². The predicted molar refractivity (Wildman–Crippen MR) is 101 cm³/mol. The van der Waals surface area contributed by atoms with Crippen LogP contribution in [0.5, 0.6) is 0 Å². The molecule has 1 atom stereocenters. The summed E-state index contributed by atoms with van der Waals surface area (Å²) >= 11 is 6.17. The van der Waals surface area contributed by atoms with Crippen LogP contribution in [0.25, 0.3) is 11.0 Å². The van der Waals surface area contributed by atoms with Crippen molar-refractivity contribution in [2.24, 2.45) is 5.92 Å². The first-order chi connectivity index (χ1) is 12.6. The van der Waals surface area contributed by atoms with E-state index in [-0.39, 0.29) is 11.9 Å². The summed E-state index contributed by atoms with van der Waals surface area (Å²) in [4.78, 5) is 15.2. The van der Waals surface area contributed by atoms with Gasteiger partial charge in [0.05, 0.1) is 29.1 Å². The molecule has 0 aliphatic carbocycles. The number of hydrogen-bond acceptors (Lipinski definition) is 5. The number of fused-ring (bicyclic) bond motifs is 1. The van der Waals surface area contributed by atoms with Crippen LogP contribution < -0.4 is 11.1 Å². The van der Waals surface area contributed by atoms with E-state index in [0.717, 1.165) is 52.1 Å². The number of likely N-dealkylation sites (tertiary alicyclic amines) is 1. The summed E-state index contributed by atoms with van der Waals surface area (Å²) in [6.45, 7) is 4.87. The molecule has 0 saturated carbocycles. The number of rotatable bonds is 4. The van der Waals surface area contributed by atoms with Gasteiger partial charge in [-0.1, -0.05) is 11.6 Å². The summed E-state index contributed by atoms with van der Waals surface area (Å²) in [5.41, 5.74) is 7.33. The Kier molecular flexibility index (Phi) is 5.07. The monoisotopic (exact) mass is 377 g/mol. The average Bonchev–Trinajstić information content (AvgIpc) is 3.31. The lowest BCUT2D eigenvalue weighted by atomic mass is 10.0. The normalized spacial score (nSPS) is 22.1. The highest BCUT2D eigenvalue weighted by molar-refractivity contribution is 6.35. The predicted octanol–water partition coefficient (Wildman–Crippen LogP) is 2.90. The molecule has 2 aromatic rings. The van der Waals surface area contributed by atoms with Crippen LogP contribution in [-0.2, 0) is 4.74 Å². The van der Waals surface area contributed by atoms with E-state index in [1.807, 2.05) is 0 Å². The number of nitrogens with two attached hydrogens (primary N) is 1. The third-order valence-electron chi connectivity index (χ3n) is 5.44. The van der Waals surface area contributed by atoms with Gasteiger partial charge in [0.15, 0.2) is 0 Å². The molecule has 2 aliphatic heterocycles. The third kappa shape index (κ3) is 3.54. The molecule has 26 heavy (non-hydrogen) atoms. The van der Waals surface area contributed by atoms with Crippen molar-refractivity contribution in [3.05, 3.63) is 29.0 Å². The van der Waals surface area contributed by atoms with Gasteiger partial charge in [0.25, 0.3) is 5.91 Å². The molecule has 1 amide bonds. The van der Waals surface area contributed by atoms with Crippen molar-refractivity contribution in [1.82, 2.24) is 10.2 Å². The number of nitrogens with zero attached hydrogens (tertiary/aromatic N) is 1. The second-order valence-corrected chi connectivity index (χ2v) is 7.67. The second-order valence-electron chi connectivity index (χ2n) is 7.26. The van der Waals surface area contributed by atoms with Crippen molar-refractivity contribution >= 4 is 34.2 Å². The van der Waals surface area contributed by atoms with Crippen molar-refractivity contribution in [3.8, 4) is 0 Å². The van der Waals surface area contributed by atoms with Crippen molar-refractivity contribution < 1.29 is 13.9 Å². The van der Waals surface area contributed by atoms with Crippen molar-refractivity contribution in [1.29, 1.82) is 0 Å². The molecule has 3 N–H and O–H groups in total. The molecular formula is C19H24ClN3O3. The van der Waals surface area contributed by atoms with E-state index in [2.05, 4.69) is 10.2 Å². The number of carbonyl (C=O) groups is 1. The minimum atomic E-state index is -0.158. The molecule has 2 fully saturated rings. The fourth-order valence-corrected chi connectivity index (χ4v) is 4.12. The first-order valence-electron chi connectivity index (χ1n) is 9.18. The van der Waals surface area contributed by atoms with Gasteiger partial charge in [-0.05, 0) is 37.3 Å². The van der Waals surface area contributed by atoms with E-state index >= 15 is 0 Å². The van der Waals surface area contributed by atoms with Crippen LogP contribution >= 0.6 is 11.6 Å². The molecule has 4 rings (SSSR count). The molecule has 140 valence electrons. The van der Waals surface area contributed by atoms with Crippen LogP contribution in [0.15, 0.2) is 22.8 Å². The summed E-state index contributed by atoms with van der Waals surface area (Å²) in [5.74, 6) is 0.500. The number of benzene rings is 1. The lowest BCUT2D eigenvalue weighted by Crippen LogP contribution is -2.45. The number of carbonyl (C=O) groups excluding carboxylic acids is 1. The zero-order valence-corrected chi connectivity index (χ0v) is 15.4. The number of halogens is 1. The third-order valence-corrected chi connectivity index (χ3v) is 5.75. The van der Waals surface area contributed by atoms with E-state index < -0.39 is 0 Å². The second kappa shape index (κ2) is 7.47. The van der Waals surface area contributed by atoms with E-state index in [1.54, 1.807) is 12.1 Å². The standard InChI is InChI=1S/C19H24ClN3O3/c20-16-9-15(18-14(17(16)21)4-8-26-18)19(24)22-13-1-5-23(6-2-13)10-12-3-7-25-11-12/h4,8-9,12-13H,1-3,5-7,10-11,21H2,(H,22,24). The Morgan fingerprint density at radius 1 is 1.35 bits per heavy atom. The van der Waals surface area contributed by atoms with E-state index in [1.165, 1.54) is 6.26 Å². The van der Waals surface area contributed by atoms with Gasteiger partial charge in [-0.2, -0.15) is 0 Å². The number of piperidine rings is 1. The number of nitrogens with one attached hydrogen (secondary N) is 1. The summed E-state index contributed by atoms with van der Waals surface area (Å²) in [6, 6.07) is 3.49. The molecule has 0 spiro atoms. The lowest BCUT2D eigenvalue weighted by Gasteiger charge is -2.33. The molecule has 0 radical (unpaired) electrons. The smallest absolute Gasteiger partial charge is 0.255 e. The highest BCUT2D eigenvalue weighted by Crippen LogP contribution is 2.32. The topological polar surface area (TPSA) is 80.7 Å². The SMILES string of the molecule is Nc1c(Cl)cc(C(=O)NC2CCN(CC3CCOC3)CC2)c2occc12. The number of nitrogen functional groups attached to an aromatic ring is 1. The van der Waals surface area contributed by atoms with Crippen molar-refractivity contribution in [2.75, 3.05) is 38.6 Å². The van der Waals surface area contributed by atoms with E-state index in [4.69, 9.17) is 26.5 Å². The highest BCUT2D eigenvalue weighted by Gasteiger charge is 2.26. The molecule has 7 heteroatoms. The molecular weight excluding hydrogens is 354 g/mol. The van der Waals surface area contributed by atoms with Crippen LogP contribution in [0.4, 0.5) is 5.69 Å². The number of hydrogen-bond donors (Lipinski definition) is 2. The molecule has 0 bridgehead atoms. The first-order valence-corrected chi connectivity index (χ1v) is 9.55. The largest absolute Gasteiger partial charge is 0.463 e. The van der Waals surface area contributed by atoms with Crippen LogP contribution in [0, 0.1) is 5.92 Å². The number of furan rings is 1. The van der Waals surface area contributed by atoms with Gasteiger partial charge in [0, 0.05) is 37.7 Å². The molecule has 2 saturated heterocycles. The summed E-state index contributed by atoms with van der Waals surface area (Å²) in [7, 11) is 0. The maximum absolute atomic E-state index is 12.7. The Morgan fingerprint density at radius 2 is 2.15 bits per heavy atom. The Hall–Kier alpha value is -1.76. The Balaban J connectivity index is 1.37. The van der Waals surface area contributed by atoms with Crippen molar-refractivity contribution in [2.45, 2.75) is 25.3 Å². The maximum atomic E-state index is 12.7. The quantitative estimate of drug-likeness (QED) is 0.801. The first kappa shape index (κ1) is 17.6. The van der Waals surface area contributed by atoms with Gasteiger partial charge in [0.1, 0.15) is 5.58 Å². The minimum absolute atomic E-state index is 0.158. The average molecular weight is 378 g/mol. The number of amides is 1. The molecule has 1 unspecified atom stereocenters. The Bertz CT molecular complexity index is 793. The fraction of sp³-hybridized carbons (Fsp3) is 0.526. The lowest BCUT2D eigenvalue weighted by molar-refractivity contribution is 0.0904. The molecule has 6 nitrogen and oxygen atoms in total. The Labute approximate surface area is 157 Å².